The number of nitrogens with one attached hydrogen (secondary N) is 1. The first kappa shape index (κ1) is 14.7. The van der Waals surface area contributed by atoms with E-state index in [9.17, 15) is 13.2 Å². The molecular formula is C10H15NO6S. The zero-order valence-electron chi connectivity index (χ0n) is 10.2. The molecule has 0 saturated carbocycles. The van der Waals surface area contributed by atoms with E-state index < -0.39 is 33.5 Å². The summed E-state index contributed by atoms with van der Waals surface area (Å²) in [5.74, 6) is -1.35. The van der Waals surface area contributed by atoms with Crippen molar-refractivity contribution in [2.24, 2.45) is 0 Å². The fourth-order valence-electron chi connectivity index (χ4n) is 1.60. The molecule has 0 saturated heterocycles. The van der Waals surface area contributed by atoms with E-state index in [4.69, 9.17) is 14.6 Å². The molecule has 18 heavy (non-hydrogen) atoms. The highest BCUT2D eigenvalue weighted by molar-refractivity contribution is 7.89. The Morgan fingerprint density at radius 1 is 1.39 bits per heavy atom. The standard InChI is InChI=1S/C10H15NO6S/c1-5(4-12)11-18(15,16)9-7(3)17-6(2)8(9)10(13)14/h5,11-12H,4H2,1-3H3,(H,13,14)/t5-/m1/s1. The van der Waals surface area contributed by atoms with Crippen molar-refractivity contribution in [3.05, 3.63) is 17.1 Å². The van der Waals surface area contributed by atoms with Gasteiger partial charge in [-0.05, 0) is 20.8 Å². The summed E-state index contributed by atoms with van der Waals surface area (Å²) in [5.41, 5.74) is -0.384. The number of furan rings is 1. The average molecular weight is 277 g/mol. The number of aliphatic hydroxyl groups is 1. The number of sulfonamides is 1. The highest BCUT2D eigenvalue weighted by Gasteiger charge is 2.31. The van der Waals surface area contributed by atoms with Crippen LogP contribution in [0.4, 0.5) is 0 Å². The van der Waals surface area contributed by atoms with Gasteiger partial charge in [-0.15, -0.1) is 0 Å². The lowest BCUT2D eigenvalue weighted by Crippen LogP contribution is -2.35. The normalized spacial score (nSPS) is 13.6. The van der Waals surface area contributed by atoms with E-state index in [0.717, 1.165) is 0 Å². The number of carboxylic acids is 1. The number of aromatic carboxylic acids is 1. The largest absolute Gasteiger partial charge is 0.478 e. The molecule has 0 unspecified atom stereocenters. The number of rotatable bonds is 5. The van der Waals surface area contributed by atoms with Crippen LogP contribution in [0, 0.1) is 13.8 Å². The van der Waals surface area contributed by atoms with Crippen LogP contribution < -0.4 is 4.72 Å². The number of aryl methyl sites for hydroxylation is 2. The van der Waals surface area contributed by atoms with Gasteiger partial charge in [0.15, 0.2) is 0 Å². The molecule has 102 valence electrons. The summed E-state index contributed by atoms with van der Waals surface area (Å²) >= 11 is 0. The summed E-state index contributed by atoms with van der Waals surface area (Å²) in [5, 5.41) is 17.8. The van der Waals surface area contributed by atoms with Crippen LogP contribution in [0.2, 0.25) is 0 Å². The predicted molar refractivity (Wildman–Crippen MR) is 62.0 cm³/mol. The lowest BCUT2D eigenvalue weighted by atomic mass is 10.2. The van der Waals surface area contributed by atoms with Crippen LogP contribution in [0.15, 0.2) is 9.31 Å². The van der Waals surface area contributed by atoms with Gasteiger partial charge < -0.3 is 14.6 Å². The lowest BCUT2D eigenvalue weighted by molar-refractivity contribution is 0.0691. The van der Waals surface area contributed by atoms with Gasteiger partial charge >= 0.3 is 5.97 Å². The summed E-state index contributed by atoms with van der Waals surface area (Å²) in [6.45, 7) is 3.82. The summed E-state index contributed by atoms with van der Waals surface area (Å²) in [7, 11) is -4.04. The monoisotopic (exact) mass is 277 g/mol. The molecule has 1 aromatic heterocycles. The Hall–Kier alpha value is -1.38. The SMILES string of the molecule is Cc1oc(C)c(S(=O)(=O)N[C@H](C)CO)c1C(=O)O. The minimum absolute atomic E-state index is 0.00235. The van der Waals surface area contributed by atoms with Crippen molar-refractivity contribution in [3.8, 4) is 0 Å². The Morgan fingerprint density at radius 2 is 1.94 bits per heavy atom. The zero-order chi connectivity index (χ0) is 14.1. The van der Waals surface area contributed by atoms with E-state index in [-0.39, 0.29) is 17.1 Å². The van der Waals surface area contributed by atoms with Crippen LogP contribution >= 0.6 is 0 Å². The summed E-state index contributed by atoms with van der Waals surface area (Å²) in [6.07, 6.45) is 0. The van der Waals surface area contributed by atoms with E-state index >= 15 is 0 Å². The molecule has 8 heteroatoms. The van der Waals surface area contributed by atoms with Gasteiger partial charge in [0.2, 0.25) is 10.0 Å². The maximum Gasteiger partial charge on any atom is 0.340 e. The maximum absolute atomic E-state index is 12.0. The Labute approximate surface area is 104 Å². The molecule has 0 spiro atoms. The van der Waals surface area contributed by atoms with E-state index in [1.54, 1.807) is 0 Å². The van der Waals surface area contributed by atoms with E-state index in [0.29, 0.717) is 0 Å². The highest BCUT2D eigenvalue weighted by atomic mass is 32.2. The summed E-state index contributed by atoms with van der Waals surface area (Å²) < 4.78 is 31.2. The fourth-order valence-corrected chi connectivity index (χ4v) is 3.24. The van der Waals surface area contributed by atoms with Crippen LogP contribution in [-0.4, -0.2) is 37.2 Å². The molecule has 0 bridgehead atoms. The minimum Gasteiger partial charge on any atom is -0.478 e. The van der Waals surface area contributed by atoms with Crippen molar-refractivity contribution >= 4 is 16.0 Å². The van der Waals surface area contributed by atoms with Crippen molar-refractivity contribution < 1.29 is 27.8 Å². The number of carboxylic acid groups (broad SMARTS) is 1. The second-order valence-corrected chi connectivity index (χ2v) is 5.58. The topological polar surface area (TPSA) is 117 Å². The van der Waals surface area contributed by atoms with Crippen LogP contribution in [-0.2, 0) is 10.0 Å². The molecule has 3 N–H and O–H groups in total. The van der Waals surface area contributed by atoms with Gasteiger partial charge in [-0.25, -0.2) is 17.9 Å². The van der Waals surface area contributed by atoms with Crippen molar-refractivity contribution in [1.82, 2.24) is 4.72 Å². The summed E-state index contributed by atoms with van der Waals surface area (Å²) in [6, 6.07) is -0.716. The average Bonchev–Trinajstić information content (AvgIpc) is 2.53. The van der Waals surface area contributed by atoms with Crippen molar-refractivity contribution in [1.29, 1.82) is 0 Å². The van der Waals surface area contributed by atoms with Gasteiger partial charge in [-0.1, -0.05) is 0 Å². The first-order valence-electron chi connectivity index (χ1n) is 5.17. The Morgan fingerprint density at radius 3 is 2.39 bits per heavy atom. The fraction of sp³-hybridized carbons (Fsp3) is 0.500. The molecule has 0 aliphatic carbocycles. The molecule has 0 aliphatic heterocycles. The number of hydrogen-bond donors (Lipinski definition) is 3. The molecule has 0 aromatic carbocycles. The van der Waals surface area contributed by atoms with Crippen LogP contribution in [0.1, 0.15) is 28.8 Å². The molecule has 1 rings (SSSR count). The minimum atomic E-state index is -4.04. The van der Waals surface area contributed by atoms with Crippen molar-refractivity contribution in [2.75, 3.05) is 6.61 Å². The number of hydrogen-bond acceptors (Lipinski definition) is 5. The van der Waals surface area contributed by atoms with E-state index in [1.165, 1.54) is 20.8 Å². The third kappa shape index (κ3) is 2.71. The Bertz CT molecular complexity index is 559. The van der Waals surface area contributed by atoms with Gasteiger partial charge in [0.1, 0.15) is 22.0 Å². The summed E-state index contributed by atoms with van der Waals surface area (Å²) in [4.78, 5) is 10.7. The van der Waals surface area contributed by atoms with Crippen molar-refractivity contribution in [3.63, 3.8) is 0 Å². The first-order valence-corrected chi connectivity index (χ1v) is 6.65. The maximum atomic E-state index is 12.0. The van der Waals surface area contributed by atoms with Gasteiger partial charge in [0.05, 0.1) is 6.61 Å². The second kappa shape index (κ2) is 5.09. The molecule has 0 fully saturated rings. The van der Waals surface area contributed by atoms with Gasteiger partial charge in [0, 0.05) is 6.04 Å². The van der Waals surface area contributed by atoms with Gasteiger partial charge in [0.25, 0.3) is 0 Å². The smallest absolute Gasteiger partial charge is 0.340 e. The van der Waals surface area contributed by atoms with E-state index in [2.05, 4.69) is 4.72 Å². The lowest BCUT2D eigenvalue weighted by Gasteiger charge is -2.11. The number of aliphatic hydroxyl groups excluding tert-OH is 1. The Balaban J connectivity index is 3.37. The highest BCUT2D eigenvalue weighted by Crippen LogP contribution is 2.26. The van der Waals surface area contributed by atoms with Gasteiger partial charge in [-0.3, -0.25) is 0 Å². The molecule has 0 aliphatic rings. The third-order valence-corrected chi connectivity index (χ3v) is 4.06. The molecular weight excluding hydrogens is 262 g/mol. The predicted octanol–water partition coefficient (Wildman–Crippen LogP) is 0.254. The van der Waals surface area contributed by atoms with Crippen LogP contribution in [0.3, 0.4) is 0 Å². The molecule has 1 heterocycles. The number of carbonyl (C=O) groups is 1. The third-order valence-electron chi connectivity index (χ3n) is 2.32. The second-order valence-electron chi connectivity index (χ2n) is 3.93. The molecule has 1 aromatic rings. The van der Waals surface area contributed by atoms with Crippen molar-refractivity contribution in [2.45, 2.75) is 31.7 Å². The Kier molecular flexibility index (Phi) is 4.15. The van der Waals surface area contributed by atoms with Crippen LogP contribution in [0.5, 0.6) is 0 Å². The molecule has 1 atom stereocenters. The quantitative estimate of drug-likeness (QED) is 0.710. The molecule has 0 radical (unpaired) electrons. The first-order chi connectivity index (χ1) is 8.20. The molecule has 0 amide bonds. The molecule has 7 nitrogen and oxygen atoms in total. The zero-order valence-corrected chi connectivity index (χ0v) is 11.0. The van der Waals surface area contributed by atoms with E-state index in [1.807, 2.05) is 0 Å². The van der Waals surface area contributed by atoms with Gasteiger partial charge in [-0.2, -0.15) is 0 Å². The van der Waals surface area contributed by atoms with Crippen LogP contribution in [0.25, 0.3) is 0 Å².